The van der Waals surface area contributed by atoms with Crippen LogP contribution >= 0.6 is 27.5 Å². The van der Waals surface area contributed by atoms with Crippen molar-refractivity contribution < 1.29 is 9.94 Å². The molecule has 1 heterocycles. The van der Waals surface area contributed by atoms with Crippen molar-refractivity contribution in [3.63, 3.8) is 0 Å². The third-order valence-electron chi connectivity index (χ3n) is 1.31. The molecule has 0 spiro atoms. The van der Waals surface area contributed by atoms with Crippen LogP contribution in [0.2, 0.25) is 0 Å². The minimum absolute atomic E-state index is 0.0780. The van der Waals surface area contributed by atoms with E-state index in [4.69, 9.17) is 21.5 Å². The standard InChI is InChI=1S/C7H6BrClN2O2/c1-13-7-4(8)2-3-5(10-7)6(9)11-12/h2-3,12H,1H3/b11-6-. The molecule has 0 aliphatic heterocycles. The summed E-state index contributed by atoms with van der Waals surface area (Å²) in [4.78, 5) is 3.97. The number of methoxy groups -OCH3 is 1. The van der Waals surface area contributed by atoms with Gasteiger partial charge in [-0.1, -0.05) is 16.8 Å². The second-order valence-electron chi connectivity index (χ2n) is 2.08. The van der Waals surface area contributed by atoms with Crippen LogP contribution in [0.15, 0.2) is 21.8 Å². The van der Waals surface area contributed by atoms with E-state index in [1.807, 2.05) is 0 Å². The maximum atomic E-state index is 8.38. The molecule has 0 aliphatic rings. The van der Waals surface area contributed by atoms with Gasteiger partial charge in [-0.3, -0.25) is 0 Å². The van der Waals surface area contributed by atoms with Gasteiger partial charge in [-0.2, -0.15) is 0 Å². The topological polar surface area (TPSA) is 54.7 Å². The van der Waals surface area contributed by atoms with Gasteiger partial charge in [-0.25, -0.2) is 4.98 Å². The molecule has 1 N–H and O–H groups in total. The first-order valence-electron chi connectivity index (χ1n) is 3.27. The van der Waals surface area contributed by atoms with Gasteiger partial charge in [-0.05, 0) is 28.1 Å². The van der Waals surface area contributed by atoms with Gasteiger partial charge in [0.15, 0.2) is 5.17 Å². The Morgan fingerprint density at radius 2 is 2.38 bits per heavy atom. The lowest BCUT2D eigenvalue weighted by Crippen LogP contribution is -1.98. The van der Waals surface area contributed by atoms with Gasteiger partial charge in [0.05, 0.1) is 11.6 Å². The molecule has 0 fully saturated rings. The van der Waals surface area contributed by atoms with Crippen LogP contribution in [0.3, 0.4) is 0 Å². The lowest BCUT2D eigenvalue weighted by Gasteiger charge is -2.02. The highest BCUT2D eigenvalue weighted by atomic mass is 79.9. The number of ether oxygens (including phenoxy) is 1. The molecular weight excluding hydrogens is 259 g/mol. The summed E-state index contributed by atoms with van der Waals surface area (Å²) in [5.74, 6) is 0.388. The van der Waals surface area contributed by atoms with Crippen LogP contribution in [0.4, 0.5) is 0 Å². The number of halogens is 2. The first-order chi connectivity index (χ1) is 6.19. The zero-order valence-corrected chi connectivity index (χ0v) is 9.00. The van der Waals surface area contributed by atoms with E-state index in [1.54, 1.807) is 12.1 Å². The fourth-order valence-corrected chi connectivity index (χ4v) is 1.22. The van der Waals surface area contributed by atoms with Crippen molar-refractivity contribution in [3.05, 3.63) is 22.3 Å². The lowest BCUT2D eigenvalue weighted by atomic mass is 10.4. The summed E-state index contributed by atoms with van der Waals surface area (Å²) in [5.41, 5.74) is 0.351. The van der Waals surface area contributed by atoms with Gasteiger partial charge >= 0.3 is 0 Å². The van der Waals surface area contributed by atoms with Crippen LogP contribution in [-0.2, 0) is 0 Å². The molecule has 0 saturated heterocycles. The molecule has 0 atom stereocenters. The van der Waals surface area contributed by atoms with Crippen molar-refractivity contribution >= 4 is 32.7 Å². The van der Waals surface area contributed by atoms with Crippen LogP contribution in [0.25, 0.3) is 0 Å². The molecule has 1 aromatic rings. The molecule has 1 rings (SSSR count). The molecule has 4 nitrogen and oxygen atoms in total. The molecular formula is C7H6BrClN2O2. The molecule has 0 unspecified atom stereocenters. The van der Waals surface area contributed by atoms with Crippen molar-refractivity contribution in [2.45, 2.75) is 0 Å². The van der Waals surface area contributed by atoms with E-state index in [0.717, 1.165) is 0 Å². The molecule has 6 heteroatoms. The Labute approximate surface area is 88.3 Å². The molecule has 0 radical (unpaired) electrons. The SMILES string of the molecule is COc1nc(/C(Cl)=N/O)ccc1Br. The van der Waals surface area contributed by atoms with Gasteiger partial charge in [0, 0.05) is 0 Å². The van der Waals surface area contributed by atoms with E-state index >= 15 is 0 Å². The average molecular weight is 265 g/mol. The van der Waals surface area contributed by atoms with Crippen molar-refractivity contribution in [2.24, 2.45) is 5.16 Å². The van der Waals surface area contributed by atoms with Crippen LogP contribution in [0.5, 0.6) is 5.88 Å². The number of aromatic nitrogens is 1. The Balaban J connectivity index is 3.13. The first-order valence-corrected chi connectivity index (χ1v) is 4.44. The number of hydrogen-bond acceptors (Lipinski definition) is 4. The summed E-state index contributed by atoms with van der Waals surface area (Å²) in [5, 5.41) is 11.1. The van der Waals surface area contributed by atoms with Crippen LogP contribution < -0.4 is 4.74 Å². The second kappa shape index (κ2) is 4.43. The van der Waals surface area contributed by atoms with Gasteiger partial charge in [0.2, 0.25) is 5.88 Å². The Morgan fingerprint density at radius 1 is 1.69 bits per heavy atom. The highest BCUT2D eigenvalue weighted by Crippen LogP contribution is 2.22. The van der Waals surface area contributed by atoms with Gasteiger partial charge in [0.25, 0.3) is 0 Å². The smallest absolute Gasteiger partial charge is 0.228 e. The maximum absolute atomic E-state index is 8.38. The summed E-state index contributed by atoms with van der Waals surface area (Å²) >= 11 is 8.77. The van der Waals surface area contributed by atoms with Crippen molar-refractivity contribution in [1.29, 1.82) is 0 Å². The highest BCUT2D eigenvalue weighted by molar-refractivity contribution is 9.10. The van der Waals surface area contributed by atoms with E-state index in [1.165, 1.54) is 7.11 Å². The van der Waals surface area contributed by atoms with E-state index in [-0.39, 0.29) is 5.17 Å². The van der Waals surface area contributed by atoms with E-state index in [2.05, 4.69) is 26.1 Å². The number of oxime groups is 1. The van der Waals surface area contributed by atoms with Crippen molar-refractivity contribution in [1.82, 2.24) is 4.98 Å². The zero-order valence-electron chi connectivity index (χ0n) is 6.66. The van der Waals surface area contributed by atoms with Crippen molar-refractivity contribution in [3.8, 4) is 5.88 Å². The second-order valence-corrected chi connectivity index (χ2v) is 3.29. The molecule has 0 saturated carbocycles. The number of pyridine rings is 1. The third-order valence-corrected chi connectivity index (χ3v) is 2.18. The fourth-order valence-electron chi connectivity index (χ4n) is 0.733. The number of hydrogen-bond donors (Lipinski definition) is 1. The Kier molecular flexibility index (Phi) is 3.50. The predicted molar refractivity (Wildman–Crippen MR) is 52.7 cm³/mol. The average Bonchev–Trinajstić information content (AvgIpc) is 2.17. The molecule has 0 amide bonds. The quantitative estimate of drug-likeness (QED) is 0.507. The minimum atomic E-state index is -0.0780. The lowest BCUT2D eigenvalue weighted by molar-refractivity contribution is 0.320. The summed E-state index contributed by atoms with van der Waals surface area (Å²) in [6.45, 7) is 0. The van der Waals surface area contributed by atoms with Crippen LogP contribution in [0, 0.1) is 0 Å². The van der Waals surface area contributed by atoms with Crippen LogP contribution in [0.1, 0.15) is 5.69 Å². The largest absolute Gasteiger partial charge is 0.480 e. The van der Waals surface area contributed by atoms with E-state index < -0.39 is 0 Å². The predicted octanol–water partition coefficient (Wildman–Crippen LogP) is 2.23. The Hall–Kier alpha value is -0.810. The Bertz CT molecular complexity index is 343. The summed E-state index contributed by atoms with van der Waals surface area (Å²) in [6.07, 6.45) is 0. The zero-order chi connectivity index (χ0) is 9.84. The monoisotopic (exact) mass is 264 g/mol. The first kappa shape index (κ1) is 10.3. The summed E-state index contributed by atoms with van der Waals surface area (Å²) in [6, 6.07) is 3.31. The van der Waals surface area contributed by atoms with Crippen molar-refractivity contribution in [2.75, 3.05) is 7.11 Å². The summed E-state index contributed by atoms with van der Waals surface area (Å²) < 4.78 is 5.64. The number of rotatable bonds is 2. The van der Waals surface area contributed by atoms with Crippen LogP contribution in [-0.4, -0.2) is 22.5 Å². The van der Waals surface area contributed by atoms with Gasteiger partial charge < -0.3 is 9.94 Å². The Morgan fingerprint density at radius 3 is 2.92 bits per heavy atom. The third kappa shape index (κ3) is 2.32. The normalized spacial score (nSPS) is 11.5. The molecule has 0 aliphatic carbocycles. The summed E-state index contributed by atoms with van der Waals surface area (Å²) in [7, 11) is 1.49. The van der Waals surface area contributed by atoms with Gasteiger partial charge in [0.1, 0.15) is 5.69 Å². The minimum Gasteiger partial charge on any atom is -0.480 e. The van der Waals surface area contributed by atoms with Gasteiger partial charge in [-0.15, -0.1) is 0 Å². The maximum Gasteiger partial charge on any atom is 0.228 e. The molecule has 13 heavy (non-hydrogen) atoms. The molecule has 70 valence electrons. The highest BCUT2D eigenvalue weighted by Gasteiger charge is 2.07. The van der Waals surface area contributed by atoms with E-state index in [0.29, 0.717) is 16.0 Å². The molecule has 0 bridgehead atoms. The van der Waals surface area contributed by atoms with E-state index in [9.17, 15) is 0 Å². The number of nitrogens with zero attached hydrogens (tertiary/aromatic N) is 2. The molecule has 0 aromatic carbocycles. The fraction of sp³-hybridized carbons (Fsp3) is 0.143. The molecule has 1 aromatic heterocycles.